The van der Waals surface area contributed by atoms with Gasteiger partial charge in [-0.05, 0) is 37.6 Å². The molecule has 1 aliphatic heterocycles. The van der Waals surface area contributed by atoms with Gasteiger partial charge in [-0.3, -0.25) is 4.40 Å². The molecule has 3 aromatic heterocycles. The van der Waals surface area contributed by atoms with Gasteiger partial charge in [-0.25, -0.2) is 9.78 Å². The molecule has 1 atom stereocenters. The largest absolute Gasteiger partial charge is 0.464 e. The van der Waals surface area contributed by atoms with Gasteiger partial charge in [0, 0.05) is 49.1 Å². The van der Waals surface area contributed by atoms with Crippen molar-refractivity contribution in [2.45, 2.75) is 19.9 Å². The first-order valence-corrected chi connectivity index (χ1v) is 9.55. The standard InChI is InChI=1S/C20H21N7O2/c1-13-11-29-17-4-3-15(9-16(13)17)23-20(28)25-7-8-27(14(2)10-25)18-19-24-22-12-26(19)6-5-21-18/h3-6,9,11-12,14H,7-8,10H2,1-2H3,(H,23,28). The number of hydrogen-bond donors (Lipinski definition) is 1. The lowest BCUT2D eigenvalue weighted by atomic mass is 10.1. The third kappa shape index (κ3) is 3.04. The first-order valence-electron chi connectivity index (χ1n) is 9.55. The maximum absolute atomic E-state index is 12.8. The molecule has 2 amide bonds. The third-order valence-corrected chi connectivity index (χ3v) is 5.40. The van der Waals surface area contributed by atoms with Gasteiger partial charge in [-0.15, -0.1) is 10.2 Å². The summed E-state index contributed by atoms with van der Waals surface area (Å²) >= 11 is 0. The molecule has 29 heavy (non-hydrogen) atoms. The van der Waals surface area contributed by atoms with Crippen molar-refractivity contribution in [1.82, 2.24) is 24.5 Å². The topological polar surface area (TPSA) is 91.8 Å². The second-order valence-corrected chi connectivity index (χ2v) is 7.36. The maximum Gasteiger partial charge on any atom is 0.321 e. The van der Waals surface area contributed by atoms with Crippen LogP contribution in [0.1, 0.15) is 12.5 Å². The lowest BCUT2D eigenvalue weighted by molar-refractivity contribution is 0.200. The van der Waals surface area contributed by atoms with Crippen molar-refractivity contribution in [3.8, 4) is 0 Å². The van der Waals surface area contributed by atoms with Crippen LogP contribution < -0.4 is 10.2 Å². The highest BCUT2D eigenvalue weighted by atomic mass is 16.3. The van der Waals surface area contributed by atoms with Crippen molar-refractivity contribution in [2.24, 2.45) is 0 Å². The summed E-state index contributed by atoms with van der Waals surface area (Å²) in [5.41, 5.74) is 3.35. The molecule has 1 aliphatic rings. The van der Waals surface area contributed by atoms with Gasteiger partial charge < -0.3 is 19.5 Å². The molecule has 1 aromatic carbocycles. The molecule has 5 rings (SSSR count). The Morgan fingerprint density at radius 2 is 2.21 bits per heavy atom. The Hall–Kier alpha value is -3.62. The number of urea groups is 1. The Bertz CT molecular complexity index is 1200. The maximum atomic E-state index is 12.8. The van der Waals surface area contributed by atoms with Crippen LogP contribution in [0.3, 0.4) is 0 Å². The van der Waals surface area contributed by atoms with Gasteiger partial charge in [0.15, 0.2) is 5.82 Å². The first-order chi connectivity index (χ1) is 14.1. The summed E-state index contributed by atoms with van der Waals surface area (Å²) in [6.07, 6.45) is 6.95. The number of nitrogens with one attached hydrogen (secondary N) is 1. The fourth-order valence-corrected chi connectivity index (χ4v) is 3.84. The molecule has 1 N–H and O–H groups in total. The quantitative estimate of drug-likeness (QED) is 0.565. The number of nitrogens with zero attached hydrogens (tertiary/aromatic N) is 6. The summed E-state index contributed by atoms with van der Waals surface area (Å²) in [5.74, 6) is 0.790. The van der Waals surface area contributed by atoms with E-state index in [0.29, 0.717) is 19.6 Å². The molecule has 1 saturated heterocycles. The van der Waals surface area contributed by atoms with E-state index in [1.807, 2.05) is 40.6 Å². The van der Waals surface area contributed by atoms with Crippen LogP contribution in [-0.2, 0) is 0 Å². The minimum Gasteiger partial charge on any atom is -0.464 e. The molecule has 0 radical (unpaired) electrons. The molecule has 1 unspecified atom stereocenters. The highest BCUT2D eigenvalue weighted by Crippen LogP contribution is 2.25. The van der Waals surface area contributed by atoms with E-state index in [-0.39, 0.29) is 12.1 Å². The average Bonchev–Trinajstić information content (AvgIpc) is 3.35. The number of piperazine rings is 1. The van der Waals surface area contributed by atoms with Gasteiger partial charge in [-0.2, -0.15) is 0 Å². The summed E-state index contributed by atoms with van der Waals surface area (Å²) in [4.78, 5) is 21.3. The number of anilines is 2. The second-order valence-electron chi connectivity index (χ2n) is 7.36. The normalized spacial score (nSPS) is 17.2. The second kappa shape index (κ2) is 6.77. The number of furan rings is 1. The number of carbonyl (C=O) groups is 1. The van der Waals surface area contributed by atoms with Gasteiger partial charge in [-0.1, -0.05) is 0 Å². The van der Waals surface area contributed by atoms with E-state index < -0.39 is 0 Å². The van der Waals surface area contributed by atoms with Gasteiger partial charge in [0.2, 0.25) is 5.65 Å². The van der Waals surface area contributed by atoms with E-state index >= 15 is 0 Å². The fourth-order valence-electron chi connectivity index (χ4n) is 3.84. The van der Waals surface area contributed by atoms with Crippen molar-refractivity contribution in [2.75, 3.05) is 29.9 Å². The van der Waals surface area contributed by atoms with Crippen molar-refractivity contribution >= 4 is 34.2 Å². The molecule has 0 saturated carbocycles. The molecular weight excluding hydrogens is 370 g/mol. The highest BCUT2D eigenvalue weighted by Gasteiger charge is 2.29. The van der Waals surface area contributed by atoms with E-state index in [4.69, 9.17) is 4.42 Å². The summed E-state index contributed by atoms with van der Waals surface area (Å²) < 4.78 is 7.32. The molecule has 0 aliphatic carbocycles. The zero-order chi connectivity index (χ0) is 20.0. The Labute approximate surface area is 166 Å². The van der Waals surface area contributed by atoms with Crippen LogP contribution in [0, 0.1) is 6.92 Å². The number of carbonyl (C=O) groups excluding carboxylic acids is 1. The zero-order valence-corrected chi connectivity index (χ0v) is 16.2. The molecule has 148 valence electrons. The van der Waals surface area contributed by atoms with Crippen LogP contribution in [0.25, 0.3) is 16.6 Å². The van der Waals surface area contributed by atoms with Crippen LogP contribution in [-0.4, -0.2) is 56.2 Å². The summed E-state index contributed by atoms with van der Waals surface area (Å²) in [5, 5.41) is 12.1. The Balaban J connectivity index is 1.30. The van der Waals surface area contributed by atoms with Crippen molar-refractivity contribution in [3.05, 3.63) is 48.7 Å². The van der Waals surface area contributed by atoms with Crippen LogP contribution in [0.5, 0.6) is 0 Å². The van der Waals surface area contributed by atoms with Gasteiger partial charge in [0.1, 0.15) is 11.9 Å². The molecule has 0 spiro atoms. The molecule has 4 heterocycles. The third-order valence-electron chi connectivity index (χ3n) is 5.40. The predicted octanol–water partition coefficient (Wildman–Crippen LogP) is 2.92. The van der Waals surface area contributed by atoms with E-state index in [2.05, 4.69) is 32.3 Å². The van der Waals surface area contributed by atoms with Crippen LogP contribution in [0.4, 0.5) is 16.3 Å². The summed E-state index contributed by atoms with van der Waals surface area (Å²) in [6.45, 7) is 5.94. The van der Waals surface area contributed by atoms with Gasteiger partial charge >= 0.3 is 6.03 Å². The van der Waals surface area contributed by atoms with E-state index in [1.165, 1.54) is 0 Å². The number of benzene rings is 1. The Morgan fingerprint density at radius 1 is 1.31 bits per heavy atom. The van der Waals surface area contributed by atoms with Crippen LogP contribution >= 0.6 is 0 Å². The molecule has 9 heteroatoms. The van der Waals surface area contributed by atoms with Gasteiger partial charge in [0.05, 0.1) is 6.26 Å². The van der Waals surface area contributed by atoms with Crippen LogP contribution in [0.2, 0.25) is 0 Å². The number of rotatable bonds is 2. The monoisotopic (exact) mass is 391 g/mol. The van der Waals surface area contributed by atoms with E-state index in [0.717, 1.165) is 33.7 Å². The molecule has 0 bridgehead atoms. The minimum atomic E-state index is -0.106. The fraction of sp³-hybridized carbons (Fsp3) is 0.300. The number of aryl methyl sites for hydroxylation is 1. The van der Waals surface area contributed by atoms with Crippen LogP contribution in [0.15, 0.2) is 47.6 Å². The van der Waals surface area contributed by atoms with E-state index in [9.17, 15) is 4.79 Å². The zero-order valence-electron chi connectivity index (χ0n) is 16.2. The molecule has 1 fully saturated rings. The molecule has 9 nitrogen and oxygen atoms in total. The summed E-state index contributed by atoms with van der Waals surface area (Å²) in [7, 11) is 0. The number of amides is 2. The van der Waals surface area contributed by atoms with Crippen molar-refractivity contribution in [3.63, 3.8) is 0 Å². The lowest BCUT2D eigenvalue weighted by Gasteiger charge is -2.40. The van der Waals surface area contributed by atoms with Crippen molar-refractivity contribution in [1.29, 1.82) is 0 Å². The smallest absolute Gasteiger partial charge is 0.321 e. The number of hydrogen-bond acceptors (Lipinski definition) is 6. The Kier molecular flexibility index (Phi) is 4.08. The highest BCUT2D eigenvalue weighted by molar-refractivity contribution is 5.93. The summed E-state index contributed by atoms with van der Waals surface area (Å²) in [6, 6.07) is 5.68. The van der Waals surface area contributed by atoms with Crippen molar-refractivity contribution < 1.29 is 9.21 Å². The average molecular weight is 391 g/mol. The minimum absolute atomic E-state index is 0.100. The lowest BCUT2D eigenvalue weighted by Crippen LogP contribution is -2.55. The first kappa shape index (κ1) is 17.5. The van der Waals surface area contributed by atoms with E-state index in [1.54, 1.807) is 18.8 Å². The Morgan fingerprint density at radius 3 is 3.07 bits per heavy atom. The molecular formula is C20H21N7O2. The number of fused-ring (bicyclic) bond motifs is 2. The number of aromatic nitrogens is 4. The predicted molar refractivity (Wildman–Crippen MR) is 109 cm³/mol. The SMILES string of the molecule is Cc1coc2ccc(NC(=O)N3CCN(c4nccn5cnnc45)C(C)C3)cc12. The van der Waals surface area contributed by atoms with Gasteiger partial charge in [0.25, 0.3) is 0 Å². The molecule has 4 aromatic rings.